The van der Waals surface area contributed by atoms with Crippen LogP contribution in [0.25, 0.3) is 0 Å². The van der Waals surface area contributed by atoms with Crippen molar-refractivity contribution in [3.8, 4) is 0 Å². The molecule has 0 aromatic rings. The van der Waals surface area contributed by atoms with Crippen molar-refractivity contribution >= 4 is 5.97 Å². The maximum absolute atomic E-state index is 10.2. The maximum Gasteiger partial charge on any atom is 0.303 e. The van der Waals surface area contributed by atoms with Gasteiger partial charge in [0.25, 0.3) is 0 Å². The highest BCUT2D eigenvalue weighted by molar-refractivity contribution is 5.66. The third-order valence-corrected chi connectivity index (χ3v) is 3.45. The molecule has 0 unspecified atom stereocenters. The predicted molar refractivity (Wildman–Crippen MR) is 69.2 cm³/mol. The molecule has 2 rings (SSSR count). The van der Waals surface area contributed by atoms with Crippen molar-refractivity contribution in [2.24, 2.45) is 5.92 Å². The minimum atomic E-state index is -0.643. The molecule has 0 aromatic carbocycles. The van der Waals surface area contributed by atoms with Gasteiger partial charge in [0.05, 0.1) is 0 Å². The molecule has 2 aliphatic rings. The molecule has 1 saturated carbocycles. The Bertz CT molecular complexity index is 188. The largest absolute Gasteiger partial charge is 0.481 e. The monoisotopic (exact) mass is 242 g/mol. The summed E-state index contributed by atoms with van der Waals surface area (Å²) >= 11 is 0. The van der Waals surface area contributed by atoms with E-state index in [2.05, 4.69) is 10.6 Å². The second-order valence-corrected chi connectivity index (χ2v) is 4.94. The molecule has 0 amide bonds. The molecule has 0 aromatic heterocycles. The number of hydrogen-bond acceptors (Lipinski definition) is 3. The maximum atomic E-state index is 10.2. The molecule has 100 valence electrons. The molecule has 4 nitrogen and oxygen atoms in total. The van der Waals surface area contributed by atoms with E-state index < -0.39 is 5.97 Å². The summed E-state index contributed by atoms with van der Waals surface area (Å²) in [5.74, 6) is 0.0652. The van der Waals surface area contributed by atoms with Crippen LogP contribution < -0.4 is 10.6 Å². The highest BCUT2D eigenvalue weighted by Crippen LogP contribution is 2.26. The van der Waals surface area contributed by atoms with E-state index in [1.165, 1.54) is 32.1 Å². The lowest BCUT2D eigenvalue weighted by atomic mass is 9.86. The molecule has 1 aliphatic heterocycles. The summed E-state index contributed by atoms with van der Waals surface area (Å²) in [5, 5.41) is 14.9. The van der Waals surface area contributed by atoms with Gasteiger partial charge in [-0.1, -0.05) is 32.1 Å². The molecule has 3 N–H and O–H groups in total. The minimum Gasteiger partial charge on any atom is -0.481 e. The Labute approximate surface area is 104 Å². The van der Waals surface area contributed by atoms with Gasteiger partial charge >= 0.3 is 5.97 Å². The summed E-state index contributed by atoms with van der Waals surface area (Å²) in [7, 11) is 0. The van der Waals surface area contributed by atoms with Crippen molar-refractivity contribution in [2.75, 3.05) is 26.2 Å². The molecule has 17 heavy (non-hydrogen) atoms. The van der Waals surface area contributed by atoms with E-state index in [4.69, 9.17) is 5.11 Å². The molecule has 0 atom stereocenters. The first kappa shape index (κ1) is 14.5. The van der Waals surface area contributed by atoms with Crippen molar-refractivity contribution in [2.45, 2.75) is 44.9 Å². The smallest absolute Gasteiger partial charge is 0.303 e. The Morgan fingerprint density at radius 1 is 1.00 bits per heavy atom. The van der Waals surface area contributed by atoms with E-state index in [0.717, 1.165) is 32.6 Å². The lowest BCUT2D eigenvalue weighted by Gasteiger charge is -2.20. The molecule has 4 heteroatoms. The lowest BCUT2D eigenvalue weighted by molar-refractivity contribution is -0.137. The number of hydrogen-bond donors (Lipinski definition) is 3. The minimum absolute atomic E-state index is 0.366. The molecular formula is C13H26N2O2. The van der Waals surface area contributed by atoms with E-state index in [1.807, 2.05) is 0 Å². The second-order valence-electron chi connectivity index (χ2n) is 4.94. The Morgan fingerprint density at radius 3 is 1.94 bits per heavy atom. The fourth-order valence-corrected chi connectivity index (χ4v) is 2.41. The first-order valence-electron chi connectivity index (χ1n) is 6.92. The Hall–Kier alpha value is -0.610. The van der Waals surface area contributed by atoms with E-state index in [-0.39, 0.29) is 0 Å². The van der Waals surface area contributed by atoms with Crippen LogP contribution in [0.2, 0.25) is 0 Å². The van der Waals surface area contributed by atoms with Gasteiger partial charge in [0.15, 0.2) is 0 Å². The Morgan fingerprint density at radius 2 is 1.53 bits per heavy atom. The van der Waals surface area contributed by atoms with Gasteiger partial charge in [0, 0.05) is 32.6 Å². The summed E-state index contributed by atoms with van der Waals surface area (Å²) in [6.45, 7) is 4.56. The quantitative estimate of drug-likeness (QED) is 0.703. The number of carboxylic acids is 1. The summed E-state index contributed by atoms with van der Waals surface area (Å²) in [4.78, 5) is 10.2. The SMILES string of the molecule is C1CNCCN1.O=C(O)CCC1CCCCC1. The summed E-state index contributed by atoms with van der Waals surface area (Å²) < 4.78 is 0. The van der Waals surface area contributed by atoms with Gasteiger partial charge < -0.3 is 15.7 Å². The zero-order valence-corrected chi connectivity index (χ0v) is 10.7. The molecule has 0 spiro atoms. The van der Waals surface area contributed by atoms with Crippen molar-refractivity contribution in [1.29, 1.82) is 0 Å². The van der Waals surface area contributed by atoms with Crippen molar-refractivity contribution in [1.82, 2.24) is 10.6 Å². The van der Waals surface area contributed by atoms with Crippen LogP contribution in [0.1, 0.15) is 44.9 Å². The summed E-state index contributed by atoms with van der Waals surface area (Å²) in [6.07, 6.45) is 7.75. The van der Waals surface area contributed by atoms with E-state index in [1.54, 1.807) is 0 Å². The topological polar surface area (TPSA) is 61.4 Å². The van der Waals surface area contributed by atoms with Crippen LogP contribution in [0, 0.1) is 5.92 Å². The first-order valence-corrected chi connectivity index (χ1v) is 6.92. The molecule has 1 saturated heterocycles. The van der Waals surface area contributed by atoms with Crippen LogP contribution in [-0.2, 0) is 4.79 Å². The van der Waals surface area contributed by atoms with Gasteiger partial charge in [-0.05, 0) is 12.3 Å². The van der Waals surface area contributed by atoms with Crippen LogP contribution >= 0.6 is 0 Å². The lowest BCUT2D eigenvalue weighted by Crippen LogP contribution is -2.39. The predicted octanol–water partition coefficient (Wildman–Crippen LogP) is 1.61. The van der Waals surface area contributed by atoms with Gasteiger partial charge in [-0.3, -0.25) is 4.79 Å². The number of piperazine rings is 1. The third kappa shape index (κ3) is 8.16. The van der Waals surface area contributed by atoms with Gasteiger partial charge in [0.1, 0.15) is 0 Å². The molecule has 1 aliphatic carbocycles. The van der Waals surface area contributed by atoms with E-state index in [0.29, 0.717) is 12.3 Å². The number of carboxylic acid groups (broad SMARTS) is 1. The van der Waals surface area contributed by atoms with Gasteiger partial charge in [-0.2, -0.15) is 0 Å². The van der Waals surface area contributed by atoms with Crippen LogP contribution in [0.5, 0.6) is 0 Å². The summed E-state index contributed by atoms with van der Waals surface area (Å²) in [5.41, 5.74) is 0. The molecule has 1 heterocycles. The fourth-order valence-electron chi connectivity index (χ4n) is 2.41. The molecule has 0 bridgehead atoms. The average molecular weight is 242 g/mol. The second kappa shape index (κ2) is 9.42. The first-order chi connectivity index (χ1) is 8.29. The van der Waals surface area contributed by atoms with Crippen LogP contribution in [0.15, 0.2) is 0 Å². The zero-order chi connectivity index (χ0) is 12.3. The fraction of sp³-hybridized carbons (Fsp3) is 0.923. The Kier molecular flexibility index (Phi) is 8.01. The normalized spacial score (nSPS) is 21.4. The van der Waals surface area contributed by atoms with E-state index in [9.17, 15) is 4.79 Å². The van der Waals surface area contributed by atoms with Crippen molar-refractivity contribution in [3.05, 3.63) is 0 Å². The third-order valence-electron chi connectivity index (χ3n) is 3.45. The van der Waals surface area contributed by atoms with Gasteiger partial charge in [-0.25, -0.2) is 0 Å². The van der Waals surface area contributed by atoms with Crippen LogP contribution in [-0.4, -0.2) is 37.3 Å². The number of nitrogens with one attached hydrogen (secondary N) is 2. The molecular weight excluding hydrogens is 216 g/mol. The van der Waals surface area contributed by atoms with Crippen molar-refractivity contribution < 1.29 is 9.90 Å². The standard InChI is InChI=1S/C9H16O2.C4H10N2/c10-9(11)7-6-8-4-2-1-3-5-8;1-2-6-4-3-5-1/h8H,1-7H2,(H,10,11);5-6H,1-4H2. The van der Waals surface area contributed by atoms with Crippen molar-refractivity contribution in [3.63, 3.8) is 0 Å². The number of carbonyl (C=O) groups is 1. The zero-order valence-electron chi connectivity index (χ0n) is 10.7. The average Bonchev–Trinajstić information content (AvgIpc) is 2.40. The molecule has 2 fully saturated rings. The summed E-state index contributed by atoms with van der Waals surface area (Å²) in [6, 6.07) is 0. The van der Waals surface area contributed by atoms with E-state index >= 15 is 0 Å². The van der Waals surface area contributed by atoms with Crippen LogP contribution in [0.3, 0.4) is 0 Å². The molecule has 0 radical (unpaired) electrons. The van der Waals surface area contributed by atoms with Gasteiger partial charge in [0.2, 0.25) is 0 Å². The van der Waals surface area contributed by atoms with Crippen LogP contribution in [0.4, 0.5) is 0 Å². The highest BCUT2D eigenvalue weighted by atomic mass is 16.4. The Balaban J connectivity index is 0.000000202. The number of aliphatic carboxylic acids is 1. The van der Waals surface area contributed by atoms with Gasteiger partial charge in [-0.15, -0.1) is 0 Å². The number of rotatable bonds is 3. The highest BCUT2D eigenvalue weighted by Gasteiger charge is 2.13.